The third kappa shape index (κ3) is 10.7. The normalized spacial score (nSPS) is 11.1. The third-order valence-electron chi connectivity index (χ3n) is 2.71. The Hall–Kier alpha value is -0.680. The minimum absolute atomic E-state index is 0.126. The Kier molecular flexibility index (Phi) is 11.5. The van der Waals surface area contributed by atoms with Crippen molar-refractivity contribution in [2.45, 2.75) is 60.0 Å². The number of aromatic nitrogens is 2. The maximum Gasteiger partial charge on any atom is 0.267 e. The predicted molar refractivity (Wildman–Crippen MR) is 80.7 cm³/mol. The molecule has 0 radical (unpaired) electrons. The zero-order valence-corrected chi connectivity index (χ0v) is 14.6. The maximum absolute atomic E-state index is 10.4. The van der Waals surface area contributed by atoms with Crippen LogP contribution >= 0.6 is 7.82 Å². The second-order valence-corrected chi connectivity index (χ2v) is 5.88. The first-order chi connectivity index (χ1) is 9.99. The van der Waals surface area contributed by atoms with E-state index in [1.54, 1.807) is 13.8 Å². The minimum atomic E-state index is -3.94. The van der Waals surface area contributed by atoms with E-state index in [-0.39, 0.29) is 13.2 Å². The smallest absolute Gasteiger partial charge is 0.267 e. The first-order valence-corrected chi connectivity index (χ1v) is 9.10. The molecule has 0 spiro atoms. The van der Waals surface area contributed by atoms with Crippen LogP contribution in [-0.4, -0.2) is 17.8 Å². The van der Waals surface area contributed by atoms with E-state index in [2.05, 4.69) is 50.8 Å². The lowest BCUT2D eigenvalue weighted by Crippen LogP contribution is -2.30. The van der Waals surface area contributed by atoms with Crippen LogP contribution in [0.25, 0.3) is 0 Å². The van der Waals surface area contributed by atoms with E-state index in [1.807, 2.05) is 0 Å². The lowest BCUT2D eigenvalue weighted by Gasteiger charge is -2.20. The summed E-state index contributed by atoms with van der Waals surface area (Å²) in [6.45, 7) is 10.1. The van der Waals surface area contributed by atoms with Crippen molar-refractivity contribution in [3.8, 4) is 0 Å². The monoisotopic (exact) mass is 320 g/mol. The molecule has 0 saturated heterocycles. The fourth-order valence-corrected chi connectivity index (χ4v) is 2.36. The van der Waals surface area contributed by atoms with Crippen molar-refractivity contribution in [2.75, 3.05) is 13.2 Å². The van der Waals surface area contributed by atoms with Crippen LogP contribution in [0.3, 0.4) is 0 Å². The molecule has 0 aliphatic heterocycles. The lowest BCUT2D eigenvalue weighted by molar-refractivity contribution is -0.696. The largest absolute Gasteiger partial charge is 0.756 e. The van der Waals surface area contributed by atoms with Crippen LogP contribution in [0.4, 0.5) is 0 Å². The average Bonchev–Trinajstić information content (AvgIpc) is 2.87. The standard InChI is InChI=1S/C10H19N2.C4H11O4P/c1-3-5-6-7-12-9-8-11(4-2)10-12;1-3-7-9(5,6)8-4-2/h8-10H,3-7H2,1-2H3;3-4H2,1-2H3,(H,5,6)/q+1;/p-1. The Bertz CT molecular complexity index is 399. The molecule has 0 unspecified atom stereocenters. The van der Waals surface area contributed by atoms with Crippen LogP contribution in [0, 0.1) is 0 Å². The van der Waals surface area contributed by atoms with Gasteiger partial charge in [-0.15, -0.1) is 0 Å². The number of unbranched alkanes of at least 4 members (excludes halogenated alkanes) is 2. The minimum Gasteiger partial charge on any atom is -0.756 e. The van der Waals surface area contributed by atoms with Crippen molar-refractivity contribution in [3.05, 3.63) is 18.7 Å². The van der Waals surface area contributed by atoms with Crippen LogP contribution in [0.1, 0.15) is 47.0 Å². The molecule has 0 aliphatic carbocycles. The van der Waals surface area contributed by atoms with Crippen LogP contribution in [0.5, 0.6) is 0 Å². The summed E-state index contributed by atoms with van der Waals surface area (Å²) in [6, 6.07) is 0. The summed E-state index contributed by atoms with van der Waals surface area (Å²) in [5.41, 5.74) is 0. The zero-order valence-electron chi connectivity index (χ0n) is 13.7. The lowest BCUT2D eigenvalue weighted by atomic mass is 10.2. The van der Waals surface area contributed by atoms with Gasteiger partial charge >= 0.3 is 0 Å². The number of imidazole rings is 1. The Labute approximate surface area is 128 Å². The molecule has 21 heavy (non-hydrogen) atoms. The van der Waals surface area contributed by atoms with Gasteiger partial charge in [0, 0.05) is 0 Å². The van der Waals surface area contributed by atoms with E-state index in [0.29, 0.717) is 0 Å². The molecule has 1 heterocycles. The molecular formula is C14H29N2O4P. The highest BCUT2D eigenvalue weighted by Crippen LogP contribution is 2.37. The zero-order chi connectivity index (χ0) is 16.1. The fraction of sp³-hybridized carbons (Fsp3) is 0.786. The molecule has 0 fully saturated rings. The van der Waals surface area contributed by atoms with Gasteiger partial charge in [-0.2, -0.15) is 0 Å². The summed E-state index contributed by atoms with van der Waals surface area (Å²) in [4.78, 5) is 10.4. The van der Waals surface area contributed by atoms with Gasteiger partial charge in [0.1, 0.15) is 12.4 Å². The molecule has 1 aromatic heterocycles. The van der Waals surface area contributed by atoms with Crippen molar-refractivity contribution < 1.29 is 23.1 Å². The molecule has 0 amide bonds. The second kappa shape index (κ2) is 11.9. The first kappa shape index (κ1) is 20.3. The Morgan fingerprint density at radius 3 is 2.19 bits per heavy atom. The third-order valence-corrected chi connectivity index (χ3v) is 3.85. The van der Waals surface area contributed by atoms with E-state index >= 15 is 0 Å². The molecule has 7 heteroatoms. The molecule has 1 rings (SSSR count). The molecule has 0 N–H and O–H groups in total. The van der Waals surface area contributed by atoms with E-state index in [9.17, 15) is 9.46 Å². The quantitative estimate of drug-likeness (QED) is 0.398. The van der Waals surface area contributed by atoms with Gasteiger partial charge in [0.2, 0.25) is 6.33 Å². The second-order valence-electron chi connectivity index (χ2n) is 4.47. The summed E-state index contributed by atoms with van der Waals surface area (Å²) in [5.74, 6) is 0. The van der Waals surface area contributed by atoms with Gasteiger partial charge in [0.25, 0.3) is 7.82 Å². The van der Waals surface area contributed by atoms with Crippen molar-refractivity contribution in [1.82, 2.24) is 4.57 Å². The molecule has 1 aromatic rings. The average molecular weight is 320 g/mol. The van der Waals surface area contributed by atoms with Gasteiger partial charge in [0.05, 0.1) is 26.3 Å². The number of hydrogen-bond donors (Lipinski definition) is 0. The molecule has 0 aromatic carbocycles. The Balaban J connectivity index is 0.000000400. The van der Waals surface area contributed by atoms with Gasteiger partial charge in [-0.05, 0) is 33.6 Å². The molecule has 0 aliphatic rings. The van der Waals surface area contributed by atoms with E-state index < -0.39 is 7.82 Å². The SMILES string of the molecule is CCCCC[n+]1ccn(CC)c1.CCOP(=O)([O-])OCC. The molecule has 0 atom stereocenters. The number of phosphoric acid groups is 1. The number of rotatable bonds is 9. The summed E-state index contributed by atoms with van der Waals surface area (Å²) >= 11 is 0. The molecule has 6 nitrogen and oxygen atoms in total. The van der Waals surface area contributed by atoms with Crippen molar-refractivity contribution in [1.29, 1.82) is 0 Å². The van der Waals surface area contributed by atoms with Crippen LogP contribution in [0.15, 0.2) is 18.7 Å². The fourth-order valence-electron chi connectivity index (χ4n) is 1.66. The van der Waals surface area contributed by atoms with Gasteiger partial charge in [-0.1, -0.05) is 13.3 Å². The van der Waals surface area contributed by atoms with Crippen molar-refractivity contribution >= 4 is 7.82 Å². The maximum atomic E-state index is 10.4. The molecule has 0 bridgehead atoms. The predicted octanol–water partition coefficient (Wildman–Crippen LogP) is 2.51. The number of hydrogen-bond acceptors (Lipinski definition) is 4. The molecular weight excluding hydrogens is 291 g/mol. The first-order valence-electron chi connectivity index (χ1n) is 7.63. The van der Waals surface area contributed by atoms with Crippen LogP contribution < -0.4 is 9.46 Å². The Morgan fingerprint density at radius 2 is 1.76 bits per heavy atom. The van der Waals surface area contributed by atoms with Crippen molar-refractivity contribution in [2.24, 2.45) is 0 Å². The highest BCUT2D eigenvalue weighted by molar-refractivity contribution is 7.45. The Morgan fingerprint density at radius 1 is 1.14 bits per heavy atom. The van der Waals surface area contributed by atoms with Gasteiger partial charge in [-0.3, -0.25) is 4.57 Å². The number of aryl methyl sites for hydroxylation is 2. The summed E-state index contributed by atoms with van der Waals surface area (Å²) in [5, 5.41) is 0. The summed E-state index contributed by atoms with van der Waals surface area (Å²) in [7, 11) is -3.94. The number of nitrogens with zero attached hydrogens (tertiary/aromatic N) is 2. The van der Waals surface area contributed by atoms with E-state index in [4.69, 9.17) is 0 Å². The van der Waals surface area contributed by atoms with Crippen LogP contribution in [-0.2, 0) is 26.7 Å². The molecule has 124 valence electrons. The van der Waals surface area contributed by atoms with Crippen molar-refractivity contribution in [3.63, 3.8) is 0 Å². The van der Waals surface area contributed by atoms with Gasteiger partial charge in [0.15, 0.2) is 0 Å². The van der Waals surface area contributed by atoms with Crippen LogP contribution in [0.2, 0.25) is 0 Å². The highest BCUT2D eigenvalue weighted by Gasteiger charge is 2.04. The summed E-state index contributed by atoms with van der Waals surface area (Å²) in [6.07, 6.45) is 10.4. The summed E-state index contributed by atoms with van der Waals surface area (Å²) < 4.78 is 23.4. The van der Waals surface area contributed by atoms with E-state index in [0.717, 1.165) is 6.54 Å². The van der Waals surface area contributed by atoms with E-state index in [1.165, 1.54) is 25.8 Å². The van der Waals surface area contributed by atoms with Gasteiger partial charge in [-0.25, -0.2) is 9.13 Å². The topological polar surface area (TPSA) is 67.4 Å². The highest BCUT2D eigenvalue weighted by atomic mass is 31.2. The van der Waals surface area contributed by atoms with Gasteiger partial charge < -0.3 is 13.9 Å². The number of phosphoric ester groups is 1. The molecule has 0 saturated carbocycles.